The number of aryl methyl sites for hydroxylation is 2. The van der Waals surface area contributed by atoms with Crippen LogP contribution in [-0.2, 0) is 10.0 Å². The Labute approximate surface area is 196 Å². The number of rotatable bonds is 4. The molecule has 0 radical (unpaired) electrons. The van der Waals surface area contributed by atoms with Crippen molar-refractivity contribution in [3.05, 3.63) is 53.3 Å². The molecule has 0 spiro atoms. The average Bonchev–Trinajstić information content (AvgIpc) is 3.41. The molecule has 9 nitrogen and oxygen atoms in total. The molecule has 1 fully saturated rings. The number of carbonyl (C=O) groups is 1. The van der Waals surface area contributed by atoms with Gasteiger partial charge >= 0.3 is 6.03 Å². The number of carbonyl (C=O) groups excluding carboxylic acids is 1. The number of nitrogens with zero attached hydrogens (tertiary/aromatic N) is 4. The van der Waals surface area contributed by atoms with Crippen LogP contribution in [0.4, 0.5) is 9.93 Å². The number of amides is 2. The summed E-state index contributed by atoms with van der Waals surface area (Å²) in [6, 6.07) is 12.7. The summed E-state index contributed by atoms with van der Waals surface area (Å²) in [5.41, 5.74) is 4.51. The highest BCUT2D eigenvalue weighted by atomic mass is 32.2. The van der Waals surface area contributed by atoms with Crippen molar-refractivity contribution in [2.24, 2.45) is 5.14 Å². The van der Waals surface area contributed by atoms with E-state index in [1.54, 1.807) is 18.2 Å². The van der Waals surface area contributed by atoms with Gasteiger partial charge in [0.2, 0.25) is 10.0 Å². The van der Waals surface area contributed by atoms with Gasteiger partial charge < -0.3 is 4.90 Å². The van der Waals surface area contributed by atoms with Crippen LogP contribution in [0.15, 0.2) is 36.4 Å². The molecule has 4 rings (SSSR count). The molecule has 3 N–H and O–H groups in total. The minimum absolute atomic E-state index is 0.0444. The SMILES string of the molecule is Cc1cc(-c2sc(NC(=O)N3CCC(S(N)(=O)=O)C3)nc2-c2cccc(C#N)c2)cc(C)n1. The van der Waals surface area contributed by atoms with Crippen molar-refractivity contribution < 1.29 is 13.2 Å². The summed E-state index contributed by atoms with van der Waals surface area (Å²) in [7, 11) is -3.70. The van der Waals surface area contributed by atoms with E-state index in [1.807, 2.05) is 32.0 Å². The van der Waals surface area contributed by atoms with Gasteiger partial charge in [-0.2, -0.15) is 5.26 Å². The van der Waals surface area contributed by atoms with Crippen molar-refractivity contribution in [2.45, 2.75) is 25.5 Å². The van der Waals surface area contributed by atoms with Crippen LogP contribution >= 0.6 is 11.3 Å². The molecule has 3 heterocycles. The third-order valence-corrected chi connectivity index (χ3v) is 7.68. The molecule has 11 heteroatoms. The van der Waals surface area contributed by atoms with Gasteiger partial charge in [0.1, 0.15) is 0 Å². The van der Waals surface area contributed by atoms with E-state index in [2.05, 4.69) is 21.4 Å². The van der Waals surface area contributed by atoms with E-state index < -0.39 is 21.3 Å². The molecular formula is C22H22N6O3S2. The highest BCUT2D eigenvalue weighted by Gasteiger charge is 2.33. The fraction of sp³-hybridized carbons (Fsp3) is 0.273. The Balaban J connectivity index is 1.69. The second kappa shape index (κ2) is 8.90. The lowest BCUT2D eigenvalue weighted by molar-refractivity contribution is 0.222. The molecule has 1 saturated heterocycles. The number of hydrogen-bond donors (Lipinski definition) is 2. The summed E-state index contributed by atoms with van der Waals surface area (Å²) < 4.78 is 23.2. The van der Waals surface area contributed by atoms with Gasteiger partial charge in [-0.3, -0.25) is 10.3 Å². The van der Waals surface area contributed by atoms with Crippen LogP contribution in [0.25, 0.3) is 21.7 Å². The topological polar surface area (TPSA) is 142 Å². The number of nitrogens with one attached hydrogen (secondary N) is 1. The fourth-order valence-corrected chi connectivity index (χ4v) is 5.60. The minimum atomic E-state index is -3.70. The predicted molar refractivity (Wildman–Crippen MR) is 127 cm³/mol. The van der Waals surface area contributed by atoms with Gasteiger partial charge in [-0.05, 0) is 50.1 Å². The van der Waals surface area contributed by atoms with Gasteiger partial charge in [0.15, 0.2) is 5.13 Å². The quantitative estimate of drug-likeness (QED) is 0.584. The van der Waals surface area contributed by atoms with Crippen molar-refractivity contribution in [1.82, 2.24) is 14.9 Å². The van der Waals surface area contributed by atoms with E-state index in [0.717, 1.165) is 27.4 Å². The lowest BCUT2D eigenvalue weighted by atomic mass is 10.0. The number of hydrogen-bond acceptors (Lipinski definition) is 7. The maximum atomic E-state index is 12.8. The van der Waals surface area contributed by atoms with Crippen LogP contribution < -0.4 is 10.5 Å². The van der Waals surface area contributed by atoms with Gasteiger partial charge in [0.05, 0.1) is 27.5 Å². The lowest BCUT2D eigenvalue weighted by Gasteiger charge is -2.15. The van der Waals surface area contributed by atoms with Crippen molar-refractivity contribution >= 4 is 32.5 Å². The van der Waals surface area contributed by atoms with Gasteiger partial charge in [-0.15, -0.1) is 0 Å². The summed E-state index contributed by atoms with van der Waals surface area (Å²) in [6.45, 7) is 4.16. The van der Waals surface area contributed by atoms with E-state index in [-0.39, 0.29) is 6.54 Å². The number of thiazole rings is 1. The number of nitriles is 1. The van der Waals surface area contributed by atoms with Crippen LogP contribution in [0, 0.1) is 25.2 Å². The Morgan fingerprint density at radius 1 is 1.21 bits per heavy atom. The molecule has 1 atom stereocenters. The Morgan fingerprint density at radius 2 is 1.94 bits per heavy atom. The predicted octanol–water partition coefficient (Wildman–Crippen LogP) is 3.26. The monoisotopic (exact) mass is 482 g/mol. The molecular weight excluding hydrogens is 460 g/mol. The first-order valence-corrected chi connectivity index (χ1v) is 12.6. The molecule has 2 amide bonds. The van der Waals surface area contributed by atoms with Gasteiger partial charge in [-0.1, -0.05) is 23.5 Å². The second-order valence-corrected chi connectivity index (χ2v) is 10.7. The third-order valence-electron chi connectivity index (χ3n) is 5.35. The summed E-state index contributed by atoms with van der Waals surface area (Å²) in [6.07, 6.45) is 0.303. The van der Waals surface area contributed by atoms with Crippen LogP contribution in [0.1, 0.15) is 23.4 Å². The van der Waals surface area contributed by atoms with E-state index in [4.69, 9.17) is 5.14 Å². The van der Waals surface area contributed by atoms with Gasteiger partial charge in [0.25, 0.3) is 0 Å². The first-order valence-electron chi connectivity index (χ1n) is 10.2. The van der Waals surface area contributed by atoms with Crippen LogP contribution in [0.3, 0.4) is 0 Å². The van der Waals surface area contributed by atoms with E-state index in [9.17, 15) is 18.5 Å². The molecule has 1 aromatic carbocycles. The molecule has 1 aliphatic rings. The Bertz CT molecular complexity index is 1360. The molecule has 0 bridgehead atoms. The van der Waals surface area contributed by atoms with Crippen LogP contribution in [-0.4, -0.2) is 47.7 Å². The standard InChI is InChI=1S/C22H22N6O3S2/c1-13-8-17(9-14(2)25-13)20-19(16-5-3-4-15(10-16)11-23)26-21(32-20)27-22(29)28-7-6-18(12-28)33(24,30)31/h3-5,8-10,18H,6-7,12H2,1-2H3,(H2,24,30,31)(H,26,27,29). The first-order chi connectivity index (χ1) is 15.6. The normalized spacial score (nSPS) is 15.9. The smallest absolute Gasteiger partial charge is 0.323 e. The van der Waals surface area contributed by atoms with Crippen molar-refractivity contribution in [1.29, 1.82) is 5.26 Å². The van der Waals surface area contributed by atoms with E-state index >= 15 is 0 Å². The Morgan fingerprint density at radius 3 is 2.58 bits per heavy atom. The maximum Gasteiger partial charge on any atom is 0.323 e. The largest absolute Gasteiger partial charge is 0.323 e. The van der Waals surface area contributed by atoms with Crippen molar-refractivity contribution in [2.75, 3.05) is 18.4 Å². The number of benzene rings is 1. The maximum absolute atomic E-state index is 12.8. The summed E-state index contributed by atoms with van der Waals surface area (Å²) >= 11 is 1.31. The number of nitrogens with two attached hydrogens (primary N) is 1. The number of sulfonamides is 1. The summed E-state index contributed by atoms with van der Waals surface area (Å²) in [5, 5.41) is 16.9. The molecule has 2 aromatic heterocycles. The molecule has 3 aromatic rings. The van der Waals surface area contributed by atoms with E-state index in [1.165, 1.54) is 16.2 Å². The van der Waals surface area contributed by atoms with Crippen LogP contribution in [0.5, 0.6) is 0 Å². The number of anilines is 1. The molecule has 0 aliphatic carbocycles. The fourth-order valence-electron chi connectivity index (χ4n) is 3.82. The highest BCUT2D eigenvalue weighted by molar-refractivity contribution is 7.89. The summed E-state index contributed by atoms with van der Waals surface area (Å²) in [5.74, 6) is 0. The summed E-state index contributed by atoms with van der Waals surface area (Å²) in [4.78, 5) is 24.1. The zero-order chi connectivity index (χ0) is 23.8. The first kappa shape index (κ1) is 22.8. The minimum Gasteiger partial charge on any atom is -0.323 e. The van der Waals surface area contributed by atoms with Gasteiger partial charge in [0, 0.05) is 30.0 Å². The Kier molecular flexibility index (Phi) is 6.16. The molecule has 33 heavy (non-hydrogen) atoms. The number of primary sulfonamides is 1. The van der Waals surface area contributed by atoms with Gasteiger partial charge in [-0.25, -0.2) is 23.3 Å². The molecule has 0 saturated carbocycles. The average molecular weight is 483 g/mol. The lowest BCUT2D eigenvalue weighted by Crippen LogP contribution is -2.36. The molecule has 1 aliphatic heterocycles. The third kappa shape index (κ3) is 5.03. The van der Waals surface area contributed by atoms with Crippen molar-refractivity contribution in [3.8, 4) is 27.8 Å². The second-order valence-electron chi connectivity index (χ2n) is 7.90. The Hall–Kier alpha value is -3.33. The number of pyridine rings is 1. The number of aromatic nitrogens is 2. The number of likely N-dealkylation sites (tertiary alicyclic amines) is 1. The molecule has 1 unspecified atom stereocenters. The van der Waals surface area contributed by atoms with E-state index in [0.29, 0.717) is 29.4 Å². The van der Waals surface area contributed by atoms with Crippen LogP contribution in [0.2, 0.25) is 0 Å². The number of urea groups is 1. The van der Waals surface area contributed by atoms with Crippen molar-refractivity contribution in [3.63, 3.8) is 0 Å². The zero-order valence-electron chi connectivity index (χ0n) is 18.1. The molecule has 170 valence electrons. The zero-order valence-corrected chi connectivity index (χ0v) is 19.7. The highest BCUT2D eigenvalue weighted by Crippen LogP contribution is 2.39.